The van der Waals surface area contributed by atoms with Gasteiger partial charge in [0.15, 0.2) is 0 Å². The molecule has 2 aliphatic rings. The third-order valence-electron chi connectivity index (χ3n) is 2.45. The second kappa shape index (κ2) is 2.15. The average molecular weight is 161 g/mol. The van der Waals surface area contributed by atoms with Crippen LogP contribution in [0.1, 0.15) is 0 Å². The van der Waals surface area contributed by atoms with Gasteiger partial charge in [0.25, 0.3) is 0 Å². The molecule has 0 bridgehead atoms. The van der Waals surface area contributed by atoms with E-state index < -0.39 is 24.4 Å². The van der Waals surface area contributed by atoms with E-state index in [0.29, 0.717) is 0 Å². The van der Waals surface area contributed by atoms with Crippen LogP contribution in [0.15, 0.2) is 0 Å². The van der Waals surface area contributed by atoms with Gasteiger partial charge >= 0.3 is 0 Å². The molecule has 6 atom stereocenters. The molecule has 0 radical (unpaired) electrons. The Morgan fingerprint density at radius 2 is 1.00 bits per heavy atom. The molecule has 5 N–H and O–H groups in total. The maximum atomic E-state index is 9.19. The van der Waals surface area contributed by atoms with Crippen molar-refractivity contribution in [3.8, 4) is 0 Å². The molecule has 11 heavy (non-hydrogen) atoms. The number of aliphatic hydroxyl groups excluding tert-OH is 4. The standard InChI is InChI=1S/C6H11NO4/c8-3-1-2(7-1)4(9)6(11)5(3)10/h1-11H/t1-,2+,3-,4-,5+,6+/m0/s1. The Labute approximate surface area is 63.3 Å². The molecule has 0 spiro atoms. The van der Waals surface area contributed by atoms with E-state index in [1.165, 1.54) is 0 Å². The molecule has 5 heteroatoms. The van der Waals surface area contributed by atoms with Gasteiger partial charge in [0.05, 0.1) is 24.3 Å². The molecule has 0 aromatic carbocycles. The fourth-order valence-electron chi connectivity index (χ4n) is 1.62. The highest BCUT2D eigenvalue weighted by atomic mass is 16.4. The van der Waals surface area contributed by atoms with E-state index >= 15 is 0 Å². The van der Waals surface area contributed by atoms with E-state index in [2.05, 4.69) is 5.32 Å². The normalized spacial score (nSPS) is 62.2. The van der Waals surface area contributed by atoms with Crippen LogP contribution >= 0.6 is 0 Å². The average Bonchev–Trinajstić information content (AvgIpc) is 2.76. The molecule has 0 unspecified atom stereocenters. The lowest BCUT2D eigenvalue weighted by Crippen LogP contribution is -2.53. The zero-order valence-electron chi connectivity index (χ0n) is 5.75. The van der Waals surface area contributed by atoms with Crippen molar-refractivity contribution in [2.75, 3.05) is 0 Å². The molecule has 2 rings (SSSR count). The molecular weight excluding hydrogens is 150 g/mol. The molecule has 1 aliphatic heterocycles. The first-order chi connectivity index (χ1) is 5.13. The Morgan fingerprint density at radius 3 is 1.36 bits per heavy atom. The van der Waals surface area contributed by atoms with Gasteiger partial charge in [-0.2, -0.15) is 0 Å². The summed E-state index contributed by atoms with van der Waals surface area (Å²) in [5.74, 6) is 0. The first kappa shape index (κ1) is 7.45. The van der Waals surface area contributed by atoms with Gasteiger partial charge in [0.1, 0.15) is 12.2 Å². The summed E-state index contributed by atoms with van der Waals surface area (Å²) in [6, 6.07) is -0.494. The van der Waals surface area contributed by atoms with Gasteiger partial charge in [0.2, 0.25) is 0 Å². The lowest BCUT2D eigenvalue weighted by Gasteiger charge is -2.30. The molecule has 1 saturated carbocycles. The maximum absolute atomic E-state index is 9.19. The van der Waals surface area contributed by atoms with Crippen molar-refractivity contribution in [1.82, 2.24) is 5.32 Å². The lowest BCUT2D eigenvalue weighted by molar-refractivity contribution is -0.121. The Bertz CT molecular complexity index is 158. The van der Waals surface area contributed by atoms with Crippen LogP contribution in [0.4, 0.5) is 0 Å². The van der Waals surface area contributed by atoms with E-state index in [1.807, 2.05) is 0 Å². The number of rotatable bonds is 0. The Morgan fingerprint density at radius 1 is 0.636 bits per heavy atom. The van der Waals surface area contributed by atoms with Crippen molar-refractivity contribution in [2.24, 2.45) is 0 Å². The summed E-state index contributed by atoms with van der Waals surface area (Å²) in [5, 5.41) is 39.4. The van der Waals surface area contributed by atoms with Gasteiger partial charge in [-0.3, -0.25) is 0 Å². The van der Waals surface area contributed by atoms with Crippen LogP contribution in [-0.2, 0) is 0 Å². The monoisotopic (exact) mass is 161 g/mol. The second-order valence-corrected chi connectivity index (χ2v) is 3.18. The van der Waals surface area contributed by atoms with Crippen LogP contribution in [0.2, 0.25) is 0 Å². The van der Waals surface area contributed by atoms with Crippen molar-refractivity contribution in [3.05, 3.63) is 0 Å². The predicted octanol–water partition coefficient (Wildman–Crippen LogP) is -3.22. The molecule has 1 saturated heterocycles. The molecule has 0 aromatic rings. The van der Waals surface area contributed by atoms with Crippen molar-refractivity contribution < 1.29 is 20.4 Å². The third-order valence-corrected chi connectivity index (χ3v) is 2.45. The van der Waals surface area contributed by atoms with Crippen LogP contribution in [-0.4, -0.2) is 56.9 Å². The summed E-state index contributed by atoms with van der Waals surface area (Å²) in [7, 11) is 0. The number of hydrogen-bond acceptors (Lipinski definition) is 5. The van der Waals surface area contributed by atoms with Gasteiger partial charge in [-0.25, -0.2) is 0 Å². The first-order valence-corrected chi connectivity index (χ1v) is 3.61. The minimum Gasteiger partial charge on any atom is -0.389 e. The zero-order chi connectivity index (χ0) is 8.17. The topological polar surface area (TPSA) is 103 Å². The van der Waals surface area contributed by atoms with Crippen molar-refractivity contribution >= 4 is 0 Å². The lowest BCUT2D eigenvalue weighted by atomic mass is 9.90. The molecular formula is C6H11NO4. The second-order valence-electron chi connectivity index (χ2n) is 3.18. The van der Waals surface area contributed by atoms with Crippen molar-refractivity contribution in [2.45, 2.75) is 36.5 Å². The van der Waals surface area contributed by atoms with Crippen LogP contribution in [0.25, 0.3) is 0 Å². The first-order valence-electron chi connectivity index (χ1n) is 3.61. The summed E-state index contributed by atoms with van der Waals surface area (Å²) >= 11 is 0. The molecule has 5 nitrogen and oxygen atoms in total. The Hall–Kier alpha value is -0.200. The van der Waals surface area contributed by atoms with Gasteiger partial charge in [-0.05, 0) is 0 Å². The third kappa shape index (κ3) is 0.896. The van der Waals surface area contributed by atoms with E-state index in [9.17, 15) is 10.2 Å². The SMILES string of the molecule is O[C@H]1[C@H](O)[C@@H](O)[C@@H]2N[C@@H]2[C@@H]1O. The minimum absolute atomic E-state index is 0.247. The molecule has 0 aromatic heterocycles. The fraction of sp³-hybridized carbons (Fsp3) is 1.00. The van der Waals surface area contributed by atoms with Gasteiger partial charge < -0.3 is 25.7 Å². The van der Waals surface area contributed by atoms with Gasteiger partial charge in [-0.1, -0.05) is 0 Å². The molecule has 1 heterocycles. The predicted molar refractivity (Wildman–Crippen MR) is 34.7 cm³/mol. The van der Waals surface area contributed by atoms with E-state index in [-0.39, 0.29) is 12.1 Å². The van der Waals surface area contributed by atoms with Crippen LogP contribution in [0.5, 0.6) is 0 Å². The van der Waals surface area contributed by atoms with Gasteiger partial charge in [0, 0.05) is 0 Å². The van der Waals surface area contributed by atoms with Crippen LogP contribution in [0.3, 0.4) is 0 Å². The van der Waals surface area contributed by atoms with Crippen molar-refractivity contribution in [3.63, 3.8) is 0 Å². The Balaban J connectivity index is 2.13. The van der Waals surface area contributed by atoms with Crippen LogP contribution in [0, 0.1) is 0 Å². The molecule has 2 fully saturated rings. The quantitative estimate of drug-likeness (QED) is 0.241. The minimum atomic E-state index is -1.23. The number of aliphatic hydroxyl groups is 4. The van der Waals surface area contributed by atoms with E-state index in [1.54, 1.807) is 0 Å². The fourth-order valence-corrected chi connectivity index (χ4v) is 1.62. The number of nitrogens with one attached hydrogen (secondary N) is 1. The van der Waals surface area contributed by atoms with Crippen molar-refractivity contribution in [1.29, 1.82) is 0 Å². The Kier molecular flexibility index (Phi) is 1.45. The zero-order valence-corrected chi connectivity index (χ0v) is 5.75. The highest BCUT2D eigenvalue weighted by Gasteiger charge is 2.57. The summed E-state index contributed by atoms with van der Waals surface area (Å²) in [6.07, 6.45) is -4.39. The van der Waals surface area contributed by atoms with E-state index in [4.69, 9.17) is 10.2 Å². The number of fused-ring (bicyclic) bond motifs is 1. The van der Waals surface area contributed by atoms with Crippen LogP contribution < -0.4 is 5.32 Å². The summed E-state index contributed by atoms with van der Waals surface area (Å²) in [4.78, 5) is 0. The molecule has 1 aliphatic carbocycles. The summed E-state index contributed by atoms with van der Waals surface area (Å²) in [6.45, 7) is 0. The number of hydrogen-bond donors (Lipinski definition) is 5. The maximum Gasteiger partial charge on any atom is 0.110 e. The highest BCUT2D eigenvalue weighted by Crippen LogP contribution is 2.30. The molecule has 0 amide bonds. The molecule has 64 valence electrons. The van der Waals surface area contributed by atoms with Gasteiger partial charge in [-0.15, -0.1) is 0 Å². The van der Waals surface area contributed by atoms with E-state index in [0.717, 1.165) is 0 Å². The highest BCUT2D eigenvalue weighted by molar-refractivity contribution is 5.15. The smallest absolute Gasteiger partial charge is 0.110 e. The summed E-state index contributed by atoms with van der Waals surface area (Å²) < 4.78 is 0. The summed E-state index contributed by atoms with van der Waals surface area (Å²) in [5.41, 5.74) is 0. The largest absolute Gasteiger partial charge is 0.389 e.